The van der Waals surface area contributed by atoms with E-state index in [-0.39, 0.29) is 0 Å². The molecule has 0 heterocycles. The standard InChI is InChI=1S/C36H25Br/c37-33-24-14-13-23-30(33)32-25-31(26-15-5-1-6-16-26)34(27-17-7-2-8-18-27)36(29-21-11-4-12-22-29)35(32)28-19-9-3-10-20-28/h1-25H. The minimum absolute atomic E-state index is 1.08. The minimum atomic E-state index is 1.08. The second-order valence-electron chi connectivity index (χ2n) is 9.04. The van der Waals surface area contributed by atoms with Crippen LogP contribution in [0.3, 0.4) is 0 Å². The molecule has 0 bridgehead atoms. The van der Waals surface area contributed by atoms with Gasteiger partial charge in [0.15, 0.2) is 0 Å². The van der Waals surface area contributed by atoms with Gasteiger partial charge in [-0.05, 0) is 67.8 Å². The molecule has 1 heteroatoms. The number of hydrogen-bond acceptors (Lipinski definition) is 0. The predicted octanol–water partition coefficient (Wildman–Crippen LogP) is 10.8. The molecular weight excluding hydrogens is 512 g/mol. The van der Waals surface area contributed by atoms with E-state index < -0.39 is 0 Å². The van der Waals surface area contributed by atoms with Gasteiger partial charge in [-0.15, -0.1) is 0 Å². The summed E-state index contributed by atoms with van der Waals surface area (Å²) in [5, 5.41) is 0. The third kappa shape index (κ3) is 4.55. The molecule has 0 saturated carbocycles. The molecule has 176 valence electrons. The van der Waals surface area contributed by atoms with Crippen LogP contribution in [0.4, 0.5) is 0 Å². The van der Waals surface area contributed by atoms with E-state index in [1.807, 2.05) is 0 Å². The molecule has 0 amide bonds. The maximum Gasteiger partial charge on any atom is 0.0253 e. The summed E-state index contributed by atoms with van der Waals surface area (Å²) in [6, 6.07) is 54.0. The van der Waals surface area contributed by atoms with E-state index in [0.29, 0.717) is 0 Å². The van der Waals surface area contributed by atoms with E-state index in [0.717, 1.165) is 4.47 Å². The molecule has 0 nitrogen and oxygen atoms in total. The number of halogens is 1. The van der Waals surface area contributed by atoms with Gasteiger partial charge in [0.25, 0.3) is 0 Å². The molecule has 0 radical (unpaired) electrons. The Morgan fingerprint density at radius 1 is 0.297 bits per heavy atom. The number of benzene rings is 6. The topological polar surface area (TPSA) is 0 Å². The monoisotopic (exact) mass is 536 g/mol. The molecule has 0 fully saturated rings. The summed E-state index contributed by atoms with van der Waals surface area (Å²) in [6.07, 6.45) is 0. The van der Waals surface area contributed by atoms with Crippen LogP contribution in [0.5, 0.6) is 0 Å². The van der Waals surface area contributed by atoms with Gasteiger partial charge in [-0.25, -0.2) is 0 Å². The third-order valence-electron chi connectivity index (χ3n) is 6.76. The van der Waals surface area contributed by atoms with Crippen LogP contribution in [0.2, 0.25) is 0 Å². The van der Waals surface area contributed by atoms with Crippen LogP contribution >= 0.6 is 15.9 Å². The van der Waals surface area contributed by atoms with E-state index in [9.17, 15) is 0 Å². The van der Waals surface area contributed by atoms with Gasteiger partial charge in [0, 0.05) is 4.47 Å². The third-order valence-corrected chi connectivity index (χ3v) is 7.46. The Kier molecular flexibility index (Phi) is 6.54. The lowest BCUT2D eigenvalue weighted by molar-refractivity contribution is 1.52. The van der Waals surface area contributed by atoms with E-state index >= 15 is 0 Å². The molecule has 6 aromatic carbocycles. The van der Waals surface area contributed by atoms with Crippen LogP contribution in [0.25, 0.3) is 55.6 Å². The highest BCUT2D eigenvalue weighted by Gasteiger charge is 2.24. The Hall–Kier alpha value is -4.20. The number of hydrogen-bond donors (Lipinski definition) is 0. The molecule has 0 aliphatic carbocycles. The zero-order chi connectivity index (χ0) is 25.0. The van der Waals surface area contributed by atoms with E-state index in [1.54, 1.807) is 0 Å². The summed E-state index contributed by atoms with van der Waals surface area (Å²) < 4.78 is 1.08. The first-order valence-electron chi connectivity index (χ1n) is 12.5. The first-order chi connectivity index (χ1) is 18.3. The van der Waals surface area contributed by atoms with E-state index in [4.69, 9.17) is 0 Å². The minimum Gasteiger partial charge on any atom is -0.0622 e. The summed E-state index contributed by atoms with van der Waals surface area (Å²) in [5.41, 5.74) is 12.1. The van der Waals surface area contributed by atoms with Crippen molar-refractivity contribution in [2.75, 3.05) is 0 Å². The van der Waals surface area contributed by atoms with Crippen molar-refractivity contribution in [3.8, 4) is 55.6 Å². The SMILES string of the molecule is Brc1ccccc1-c1cc(-c2ccccc2)c(-c2ccccc2)c(-c2ccccc2)c1-c1ccccc1. The van der Waals surface area contributed by atoms with Gasteiger partial charge < -0.3 is 0 Å². The van der Waals surface area contributed by atoms with Crippen molar-refractivity contribution in [1.29, 1.82) is 0 Å². The van der Waals surface area contributed by atoms with E-state index in [2.05, 4.69) is 168 Å². The summed E-state index contributed by atoms with van der Waals surface area (Å²) in [4.78, 5) is 0. The first kappa shape index (κ1) is 23.2. The highest BCUT2D eigenvalue weighted by molar-refractivity contribution is 9.10. The lowest BCUT2D eigenvalue weighted by atomic mass is 9.79. The second-order valence-corrected chi connectivity index (χ2v) is 9.89. The normalized spacial score (nSPS) is 10.8. The van der Waals surface area contributed by atoms with E-state index in [1.165, 1.54) is 55.6 Å². The average Bonchev–Trinajstić information content (AvgIpc) is 2.98. The molecule has 0 aliphatic rings. The van der Waals surface area contributed by atoms with Crippen molar-refractivity contribution in [3.63, 3.8) is 0 Å². The van der Waals surface area contributed by atoms with Gasteiger partial charge in [0.05, 0.1) is 0 Å². The van der Waals surface area contributed by atoms with Gasteiger partial charge >= 0.3 is 0 Å². The van der Waals surface area contributed by atoms with Crippen LogP contribution in [0, 0.1) is 0 Å². The van der Waals surface area contributed by atoms with Crippen LogP contribution < -0.4 is 0 Å². The fraction of sp³-hybridized carbons (Fsp3) is 0. The Balaban J connectivity index is 1.86. The lowest BCUT2D eigenvalue weighted by Crippen LogP contribution is -1.98. The Morgan fingerprint density at radius 2 is 0.676 bits per heavy atom. The summed E-state index contributed by atoms with van der Waals surface area (Å²) in [6.45, 7) is 0. The molecule has 0 spiro atoms. The van der Waals surface area contributed by atoms with Crippen molar-refractivity contribution in [2.24, 2.45) is 0 Å². The highest BCUT2D eigenvalue weighted by atomic mass is 79.9. The fourth-order valence-electron chi connectivity index (χ4n) is 5.12. The summed E-state index contributed by atoms with van der Waals surface area (Å²) >= 11 is 3.86. The molecule has 0 aliphatic heterocycles. The lowest BCUT2D eigenvalue weighted by Gasteiger charge is -2.24. The molecule has 6 rings (SSSR count). The highest BCUT2D eigenvalue weighted by Crippen LogP contribution is 2.50. The van der Waals surface area contributed by atoms with Crippen molar-refractivity contribution < 1.29 is 0 Å². The fourth-order valence-corrected chi connectivity index (χ4v) is 5.62. The van der Waals surface area contributed by atoms with Crippen molar-refractivity contribution in [3.05, 3.63) is 156 Å². The van der Waals surface area contributed by atoms with Crippen LogP contribution in [-0.2, 0) is 0 Å². The van der Waals surface area contributed by atoms with Gasteiger partial charge in [0.1, 0.15) is 0 Å². The molecule has 6 aromatic rings. The van der Waals surface area contributed by atoms with Crippen molar-refractivity contribution >= 4 is 15.9 Å². The first-order valence-corrected chi connectivity index (χ1v) is 13.3. The van der Waals surface area contributed by atoms with Gasteiger partial charge in [-0.1, -0.05) is 155 Å². The molecule has 0 unspecified atom stereocenters. The van der Waals surface area contributed by atoms with Crippen LogP contribution in [0.1, 0.15) is 0 Å². The molecule has 0 saturated heterocycles. The van der Waals surface area contributed by atoms with Gasteiger partial charge in [0.2, 0.25) is 0 Å². The number of rotatable bonds is 5. The summed E-state index contributed by atoms with van der Waals surface area (Å²) in [7, 11) is 0. The Morgan fingerprint density at radius 3 is 1.16 bits per heavy atom. The quantitative estimate of drug-likeness (QED) is 0.205. The van der Waals surface area contributed by atoms with Crippen molar-refractivity contribution in [1.82, 2.24) is 0 Å². The largest absolute Gasteiger partial charge is 0.0622 e. The summed E-state index contributed by atoms with van der Waals surface area (Å²) in [5.74, 6) is 0. The van der Waals surface area contributed by atoms with Crippen LogP contribution in [-0.4, -0.2) is 0 Å². The maximum atomic E-state index is 3.86. The Labute approximate surface area is 227 Å². The maximum absolute atomic E-state index is 3.86. The molecule has 0 aromatic heterocycles. The Bertz CT molecular complexity index is 1640. The zero-order valence-electron chi connectivity index (χ0n) is 20.3. The average molecular weight is 538 g/mol. The van der Waals surface area contributed by atoms with Gasteiger partial charge in [-0.2, -0.15) is 0 Å². The zero-order valence-corrected chi connectivity index (χ0v) is 21.9. The van der Waals surface area contributed by atoms with Crippen LogP contribution in [0.15, 0.2) is 156 Å². The predicted molar refractivity (Wildman–Crippen MR) is 161 cm³/mol. The molecular formula is C36H25Br. The second kappa shape index (κ2) is 10.4. The smallest absolute Gasteiger partial charge is 0.0253 e. The molecule has 0 N–H and O–H groups in total. The molecule has 0 atom stereocenters. The van der Waals surface area contributed by atoms with Crippen molar-refractivity contribution in [2.45, 2.75) is 0 Å². The molecule has 37 heavy (non-hydrogen) atoms. The van der Waals surface area contributed by atoms with Gasteiger partial charge in [-0.3, -0.25) is 0 Å².